The lowest BCUT2D eigenvalue weighted by molar-refractivity contribution is -0.274. The summed E-state index contributed by atoms with van der Waals surface area (Å²) in [6, 6.07) is 10.1. The molecule has 0 heterocycles. The van der Waals surface area contributed by atoms with Gasteiger partial charge in [0.25, 0.3) is 11.8 Å². The summed E-state index contributed by atoms with van der Waals surface area (Å²) in [7, 11) is 0. The van der Waals surface area contributed by atoms with Crippen molar-refractivity contribution in [3.63, 3.8) is 0 Å². The highest BCUT2D eigenvalue weighted by atomic mass is 19.4. The summed E-state index contributed by atoms with van der Waals surface area (Å²) in [4.78, 5) is 23.8. The molecule has 2 amide bonds. The van der Waals surface area contributed by atoms with E-state index in [1.54, 1.807) is 0 Å². The van der Waals surface area contributed by atoms with Gasteiger partial charge in [-0.25, -0.2) is 4.39 Å². The van der Waals surface area contributed by atoms with Gasteiger partial charge in [0, 0.05) is 24.2 Å². The van der Waals surface area contributed by atoms with E-state index in [1.165, 1.54) is 36.4 Å². The molecule has 2 aromatic rings. The molecule has 2 aromatic carbocycles. The maximum absolute atomic E-state index is 12.8. The van der Waals surface area contributed by atoms with E-state index in [2.05, 4.69) is 15.4 Å². The first-order valence-corrected chi connectivity index (χ1v) is 9.92. The second-order valence-electron chi connectivity index (χ2n) is 6.86. The number of hydrogen-bond acceptors (Lipinski definition) is 3. The number of carbonyl (C=O) groups is 2. The van der Waals surface area contributed by atoms with Crippen molar-refractivity contribution in [3.8, 4) is 5.75 Å². The molecule has 0 saturated carbocycles. The predicted octanol–water partition coefficient (Wildman–Crippen LogP) is 4.83. The van der Waals surface area contributed by atoms with Gasteiger partial charge in [0.15, 0.2) is 0 Å². The number of halogens is 4. The highest BCUT2D eigenvalue weighted by Gasteiger charge is 2.31. The number of amides is 2. The van der Waals surface area contributed by atoms with E-state index < -0.39 is 6.36 Å². The summed E-state index contributed by atoms with van der Waals surface area (Å²) in [5, 5.41) is 5.50. The molecule has 0 radical (unpaired) electrons. The molecule has 0 aliphatic carbocycles. The van der Waals surface area contributed by atoms with Gasteiger partial charge >= 0.3 is 6.36 Å². The van der Waals surface area contributed by atoms with Crippen LogP contribution in [-0.2, 0) is 0 Å². The zero-order chi connectivity index (χ0) is 22.7. The van der Waals surface area contributed by atoms with Gasteiger partial charge in [-0.2, -0.15) is 0 Å². The van der Waals surface area contributed by atoms with Crippen LogP contribution >= 0.6 is 0 Å². The van der Waals surface area contributed by atoms with Crippen LogP contribution in [0.4, 0.5) is 17.6 Å². The van der Waals surface area contributed by atoms with Crippen molar-refractivity contribution in [2.75, 3.05) is 13.1 Å². The van der Waals surface area contributed by atoms with Gasteiger partial charge in [-0.3, -0.25) is 9.59 Å². The van der Waals surface area contributed by atoms with Crippen LogP contribution in [0, 0.1) is 5.82 Å². The largest absolute Gasteiger partial charge is 0.573 e. The molecule has 9 heteroatoms. The Labute approximate surface area is 177 Å². The Morgan fingerprint density at radius 3 is 1.58 bits per heavy atom. The Morgan fingerprint density at radius 1 is 0.710 bits per heavy atom. The van der Waals surface area contributed by atoms with Crippen LogP contribution in [0.1, 0.15) is 52.8 Å². The summed E-state index contributed by atoms with van der Waals surface area (Å²) in [5.74, 6) is -1.36. The van der Waals surface area contributed by atoms with E-state index >= 15 is 0 Å². The van der Waals surface area contributed by atoms with Crippen LogP contribution in [0.2, 0.25) is 0 Å². The minimum absolute atomic E-state index is 0.235. The monoisotopic (exact) mass is 440 g/mol. The zero-order valence-corrected chi connectivity index (χ0v) is 16.8. The quantitative estimate of drug-likeness (QED) is 0.388. The zero-order valence-electron chi connectivity index (χ0n) is 16.8. The Morgan fingerprint density at radius 2 is 1.13 bits per heavy atom. The van der Waals surface area contributed by atoms with Crippen LogP contribution in [0.15, 0.2) is 48.5 Å². The summed E-state index contributed by atoms with van der Waals surface area (Å²) in [6.45, 7) is 0.988. The van der Waals surface area contributed by atoms with Gasteiger partial charge in [-0.1, -0.05) is 19.3 Å². The number of rotatable bonds is 11. The lowest BCUT2D eigenvalue weighted by Gasteiger charge is -2.09. The molecular formula is C22H24F4N2O3. The third-order valence-electron chi connectivity index (χ3n) is 4.38. The molecule has 0 aliphatic rings. The first kappa shape index (κ1) is 24.2. The smallest absolute Gasteiger partial charge is 0.406 e. The summed E-state index contributed by atoms with van der Waals surface area (Å²) in [6.07, 6.45) is -0.443. The molecule has 168 valence electrons. The van der Waals surface area contributed by atoms with E-state index in [0.717, 1.165) is 44.2 Å². The van der Waals surface area contributed by atoms with E-state index in [0.29, 0.717) is 18.7 Å². The average Bonchev–Trinajstić information content (AvgIpc) is 2.72. The van der Waals surface area contributed by atoms with Crippen LogP contribution in [-0.4, -0.2) is 31.3 Å². The summed E-state index contributed by atoms with van der Waals surface area (Å²) in [5.41, 5.74) is 0.672. The van der Waals surface area contributed by atoms with Crippen molar-refractivity contribution in [1.29, 1.82) is 0 Å². The Kier molecular flexibility index (Phi) is 9.30. The third kappa shape index (κ3) is 9.50. The van der Waals surface area contributed by atoms with E-state index in [9.17, 15) is 27.2 Å². The van der Waals surface area contributed by atoms with Gasteiger partial charge in [0.05, 0.1) is 0 Å². The molecular weight excluding hydrogens is 416 g/mol. The number of benzene rings is 2. The first-order chi connectivity index (χ1) is 14.7. The second-order valence-corrected chi connectivity index (χ2v) is 6.86. The second kappa shape index (κ2) is 11.9. The van der Waals surface area contributed by atoms with Crippen LogP contribution < -0.4 is 15.4 Å². The molecule has 0 spiro atoms. The fraction of sp³-hybridized carbons (Fsp3) is 0.364. The van der Waals surface area contributed by atoms with Crippen molar-refractivity contribution < 1.29 is 31.9 Å². The SMILES string of the molecule is O=C(NCCCCCCCNC(=O)c1ccc(OC(F)(F)F)cc1)c1ccc(F)cc1. The molecule has 2 rings (SSSR count). The van der Waals surface area contributed by atoms with Gasteiger partial charge in [0.2, 0.25) is 0 Å². The molecule has 31 heavy (non-hydrogen) atoms. The maximum atomic E-state index is 12.8. The number of hydrogen-bond donors (Lipinski definition) is 2. The Balaban J connectivity index is 1.51. The Hall–Kier alpha value is -3.10. The number of ether oxygens (including phenoxy) is 1. The summed E-state index contributed by atoms with van der Waals surface area (Å²) < 4.78 is 53.0. The minimum Gasteiger partial charge on any atom is -0.406 e. The van der Waals surface area contributed by atoms with Gasteiger partial charge in [-0.05, 0) is 61.4 Å². The van der Waals surface area contributed by atoms with Crippen molar-refractivity contribution in [3.05, 3.63) is 65.5 Å². The molecule has 0 aliphatic heterocycles. The first-order valence-electron chi connectivity index (χ1n) is 9.92. The fourth-order valence-corrected chi connectivity index (χ4v) is 2.80. The number of nitrogens with one attached hydrogen (secondary N) is 2. The lowest BCUT2D eigenvalue weighted by atomic mass is 10.1. The molecule has 0 fully saturated rings. The molecule has 0 unspecified atom stereocenters. The van der Waals surface area contributed by atoms with E-state index in [-0.39, 0.29) is 28.9 Å². The normalized spacial score (nSPS) is 11.1. The van der Waals surface area contributed by atoms with Gasteiger partial charge < -0.3 is 15.4 Å². The molecule has 0 bridgehead atoms. The molecule has 5 nitrogen and oxygen atoms in total. The molecule has 0 saturated heterocycles. The number of alkyl halides is 3. The molecule has 0 aromatic heterocycles. The topological polar surface area (TPSA) is 67.4 Å². The summed E-state index contributed by atoms with van der Waals surface area (Å²) >= 11 is 0. The number of carbonyl (C=O) groups excluding carboxylic acids is 2. The standard InChI is InChI=1S/C22H24F4N2O3/c23-18-10-6-16(7-11-18)20(29)27-14-4-2-1-3-5-15-28-21(30)17-8-12-19(13-9-17)31-22(24,25)26/h6-13H,1-5,14-15H2,(H,27,29)(H,28,30). The highest BCUT2D eigenvalue weighted by molar-refractivity contribution is 5.94. The maximum Gasteiger partial charge on any atom is 0.573 e. The minimum atomic E-state index is -4.77. The third-order valence-corrected chi connectivity index (χ3v) is 4.38. The number of unbranched alkanes of at least 4 members (excludes halogenated alkanes) is 4. The van der Waals surface area contributed by atoms with Crippen LogP contribution in [0.25, 0.3) is 0 Å². The van der Waals surface area contributed by atoms with E-state index in [4.69, 9.17) is 0 Å². The molecule has 2 N–H and O–H groups in total. The fourth-order valence-electron chi connectivity index (χ4n) is 2.80. The van der Waals surface area contributed by atoms with E-state index in [1.807, 2.05) is 0 Å². The van der Waals surface area contributed by atoms with Gasteiger partial charge in [0.1, 0.15) is 11.6 Å². The van der Waals surface area contributed by atoms with Crippen molar-refractivity contribution in [2.24, 2.45) is 0 Å². The average molecular weight is 440 g/mol. The van der Waals surface area contributed by atoms with Crippen molar-refractivity contribution in [2.45, 2.75) is 38.5 Å². The lowest BCUT2D eigenvalue weighted by Crippen LogP contribution is -2.24. The van der Waals surface area contributed by atoms with Crippen molar-refractivity contribution >= 4 is 11.8 Å². The Bertz CT molecular complexity index is 837. The van der Waals surface area contributed by atoms with Crippen LogP contribution in [0.5, 0.6) is 5.75 Å². The predicted molar refractivity (Wildman–Crippen MR) is 107 cm³/mol. The van der Waals surface area contributed by atoms with Gasteiger partial charge in [-0.15, -0.1) is 13.2 Å². The highest BCUT2D eigenvalue weighted by Crippen LogP contribution is 2.22. The van der Waals surface area contributed by atoms with Crippen molar-refractivity contribution in [1.82, 2.24) is 10.6 Å². The van der Waals surface area contributed by atoms with Crippen LogP contribution in [0.3, 0.4) is 0 Å². The molecule has 0 atom stereocenters.